The van der Waals surface area contributed by atoms with Crippen molar-refractivity contribution in [1.82, 2.24) is 4.98 Å². The Kier molecular flexibility index (Phi) is 4.21. The number of nitrogens with two attached hydrogens (primary N) is 1. The molecule has 0 aromatic carbocycles. The zero-order chi connectivity index (χ0) is 9.56. The summed E-state index contributed by atoms with van der Waals surface area (Å²) in [5.74, 6) is -0.301. The molecule has 0 spiro atoms. The summed E-state index contributed by atoms with van der Waals surface area (Å²) in [6.07, 6.45) is 3.08. The van der Waals surface area contributed by atoms with Gasteiger partial charge in [0.1, 0.15) is 11.5 Å². The molecule has 5 nitrogen and oxygen atoms in total. The van der Waals surface area contributed by atoms with Crippen LogP contribution in [0.5, 0.6) is 0 Å². The van der Waals surface area contributed by atoms with Crippen LogP contribution < -0.4 is 5.73 Å². The molecule has 0 bridgehead atoms. The Balaban J connectivity index is 0.000000202. The topological polar surface area (TPSA) is 89.4 Å². The minimum Gasteiger partial charge on any atom is -0.477 e. The maximum absolute atomic E-state index is 9.47. The van der Waals surface area contributed by atoms with Crippen LogP contribution in [0.4, 0.5) is 0 Å². The molecule has 66 valence electrons. The molecule has 1 aromatic rings. The highest BCUT2D eigenvalue weighted by atomic mass is 16.4. The second-order valence-corrected chi connectivity index (χ2v) is 1.94. The third-order valence-corrected chi connectivity index (χ3v) is 0.830. The van der Waals surface area contributed by atoms with Crippen molar-refractivity contribution in [2.24, 2.45) is 5.73 Å². The van der Waals surface area contributed by atoms with Gasteiger partial charge in [-0.1, -0.05) is 6.58 Å². The molecule has 5 heteroatoms. The Morgan fingerprint density at radius 1 is 1.83 bits per heavy atom. The first kappa shape index (κ1) is 10.2. The quantitative estimate of drug-likeness (QED) is 0.600. The molecule has 1 rings (SSSR count). The number of aryl methyl sites for hydroxylation is 1. The molecule has 0 unspecified atom stereocenters. The van der Waals surface area contributed by atoms with E-state index < -0.39 is 5.97 Å². The van der Waals surface area contributed by atoms with Crippen molar-refractivity contribution in [1.29, 1.82) is 0 Å². The summed E-state index contributed by atoms with van der Waals surface area (Å²) in [7, 11) is 0. The highest BCUT2D eigenvalue weighted by Crippen LogP contribution is 1.88. The number of carboxylic acids is 1. The molecule has 0 radical (unpaired) electrons. The van der Waals surface area contributed by atoms with Gasteiger partial charge >= 0.3 is 5.97 Å². The maximum Gasteiger partial charge on any atom is 0.351 e. The summed E-state index contributed by atoms with van der Waals surface area (Å²) < 4.78 is 4.72. The first-order chi connectivity index (χ1) is 5.54. The van der Waals surface area contributed by atoms with Gasteiger partial charge in [-0.3, -0.25) is 0 Å². The van der Waals surface area contributed by atoms with Crippen LogP contribution in [-0.2, 0) is 4.79 Å². The second kappa shape index (κ2) is 4.95. The highest BCUT2D eigenvalue weighted by molar-refractivity contribution is 5.84. The second-order valence-electron chi connectivity index (χ2n) is 1.94. The fourth-order valence-electron chi connectivity index (χ4n) is 0.279. The summed E-state index contributed by atoms with van der Waals surface area (Å²) in [5, 5.41) is 7.77. The number of carboxylic acid groups (broad SMARTS) is 1. The van der Waals surface area contributed by atoms with Gasteiger partial charge in [0.25, 0.3) is 0 Å². The molecular weight excluding hydrogens is 160 g/mol. The van der Waals surface area contributed by atoms with Gasteiger partial charge in [0.2, 0.25) is 0 Å². The molecule has 0 aliphatic heterocycles. The van der Waals surface area contributed by atoms with E-state index in [9.17, 15) is 4.79 Å². The Hall–Kier alpha value is -1.78. The molecule has 12 heavy (non-hydrogen) atoms. The van der Waals surface area contributed by atoms with E-state index in [-0.39, 0.29) is 5.70 Å². The molecule has 1 aromatic heterocycles. The SMILES string of the molecule is C=C(N)C(=O)O.Cc1cnco1. The molecule has 1 heterocycles. The van der Waals surface area contributed by atoms with Crippen LogP contribution in [0, 0.1) is 6.92 Å². The van der Waals surface area contributed by atoms with Gasteiger partial charge in [-0.2, -0.15) is 0 Å². The van der Waals surface area contributed by atoms with Gasteiger partial charge in [0.05, 0.1) is 6.20 Å². The van der Waals surface area contributed by atoms with Crippen LogP contribution >= 0.6 is 0 Å². The Morgan fingerprint density at radius 2 is 2.33 bits per heavy atom. The van der Waals surface area contributed by atoms with Crippen molar-refractivity contribution in [3.8, 4) is 0 Å². The zero-order valence-electron chi connectivity index (χ0n) is 6.65. The lowest BCUT2D eigenvalue weighted by molar-refractivity contribution is -0.132. The monoisotopic (exact) mass is 170 g/mol. The molecule has 0 saturated carbocycles. The van der Waals surface area contributed by atoms with E-state index in [1.807, 2.05) is 6.92 Å². The minimum absolute atomic E-state index is 0.324. The lowest BCUT2D eigenvalue weighted by atomic mass is 10.5. The van der Waals surface area contributed by atoms with Crippen molar-refractivity contribution in [2.75, 3.05) is 0 Å². The van der Waals surface area contributed by atoms with Crippen molar-refractivity contribution in [2.45, 2.75) is 6.92 Å². The third-order valence-electron chi connectivity index (χ3n) is 0.830. The lowest BCUT2D eigenvalue weighted by Crippen LogP contribution is -2.06. The van der Waals surface area contributed by atoms with E-state index in [1.165, 1.54) is 6.39 Å². The molecule has 3 N–H and O–H groups in total. The number of oxazole rings is 1. The normalized spacial score (nSPS) is 8.08. The molecule has 0 fully saturated rings. The fourth-order valence-corrected chi connectivity index (χ4v) is 0.279. The number of nitrogens with zero attached hydrogens (tertiary/aromatic N) is 1. The molecule has 0 atom stereocenters. The lowest BCUT2D eigenvalue weighted by Gasteiger charge is -1.81. The van der Waals surface area contributed by atoms with E-state index >= 15 is 0 Å². The predicted molar refractivity (Wildman–Crippen MR) is 42.2 cm³/mol. The zero-order valence-corrected chi connectivity index (χ0v) is 6.65. The number of aliphatic carboxylic acids is 1. The number of hydrogen-bond acceptors (Lipinski definition) is 4. The van der Waals surface area contributed by atoms with Gasteiger partial charge in [0.15, 0.2) is 6.39 Å². The van der Waals surface area contributed by atoms with Gasteiger partial charge in [-0.15, -0.1) is 0 Å². The minimum atomic E-state index is -1.16. The summed E-state index contributed by atoms with van der Waals surface area (Å²) in [4.78, 5) is 13.1. The van der Waals surface area contributed by atoms with E-state index in [4.69, 9.17) is 9.52 Å². The first-order valence-corrected chi connectivity index (χ1v) is 3.06. The van der Waals surface area contributed by atoms with Gasteiger partial charge in [0, 0.05) is 0 Å². The van der Waals surface area contributed by atoms with Crippen molar-refractivity contribution < 1.29 is 14.3 Å². The standard InChI is InChI=1S/C4H5NO.C3H5NO2/c1-4-2-5-3-6-4;1-2(4)3(5)6/h2-3H,1H3;1,4H2,(H,5,6). The van der Waals surface area contributed by atoms with Crippen LogP contribution in [0.25, 0.3) is 0 Å². The van der Waals surface area contributed by atoms with E-state index in [2.05, 4.69) is 17.3 Å². The summed E-state index contributed by atoms with van der Waals surface area (Å²) in [6, 6.07) is 0. The van der Waals surface area contributed by atoms with Crippen molar-refractivity contribution >= 4 is 5.97 Å². The van der Waals surface area contributed by atoms with E-state index in [1.54, 1.807) is 6.20 Å². The van der Waals surface area contributed by atoms with E-state index in [0.29, 0.717) is 0 Å². The van der Waals surface area contributed by atoms with Crippen LogP contribution in [0.1, 0.15) is 5.76 Å². The molecule has 0 saturated heterocycles. The summed E-state index contributed by atoms with van der Waals surface area (Å²) in [6.45, 7) is 4.79. The van der Waals surface area contributed by atoms with Crippen LogP contribution in [0.3, 0.4) is 0 Å². The van der Waals surface area contributed by atoms with Gasteiger partial charge in [-0.25, -0.2) is 9.78 Å². The van der Waals surface area contributed by atoms with E-state index in [0.717, 1.165) is 5.76 Å². The van der Waals surface area contributed by atoms with Gasteiger partial charge < -0.3 is 15.3 Å². The molecule has 0 aliphatic carbocycles. The fraction of sp³-hybridized carbons (Fsp3) is 0.143. The number of aromatic nitrogens is 1. The average Bonchev–Trinajstić information content (AvgIpc) is 2.40. The largest absolute Gasteiger partial charge is 0.477 e. The van der Waals surface area contributed by atoms with Crippen molar-refractivity contribution in [3.63, 3.8) is 0 Å². The maximum atomic E-state index is 9.47. The molecule has 0 amide bonds. The average molecular weight is 170 g/mol. The summed E-state index contributed by atoms with van der Waals surface area (Å²) in [5.41, 5.74) is 4.32. The Labute approximate surface area is 69.5 Å². The summed E-state index contributed by atoms with van der Waals surface area (Å²) >= 11 is 0. The third kappa shape index (κ3) is 5.04. The smallest absolute Gasteiger partial charge is 0.351 e. The number of rotatable bonds is 1. The Morgan fingerprint density at radius 3 is 2.42 bits per heavy atom. The predicted octanol–water partition coefficient (Wildman–Crippen LogP) is 0.526. The molecular formula is C7H10N2O3. The van der Waals surface area contributed by atoms with Crippen LogP contribution in [0.15, 0.2) is 29.3 Å². The number of hydrogen-bond donors (Lipinski definition) is 2. The van der Waals surface area contributed by atoms with Gasteiger partial charge in [-0.05, 0) is 6.92 Å². The highest BCUT2D eigenvalue weighted by Gasteiger charge is 1.91. The number of carbonyl (C=O) groups is 1. The first-order valence-electron chi connectivity index (χ1n) is 3.06. The molecule has 0 aliphatic rings. The Bertz CT molecular complexity index is 242. The van der Waals surface area contributed by atoms with Crippen LogP contribution in [0.2, 0.25) is 0 Å². The van der Waals surface area contributed by atoms with Crippen molar-refractivity contribution in [3.05, 3.63) is 30.6 Å². The van der Waals surface area contributed by atoms with Crippen LogP contribution in [-0.4, -0.2) is 16.1 Å².